The Morgan fingerprint density at radius 1 is 1.10 bits per heavy atom. The molecule has 2 heterocycles. The van der Waals surface area contributed by atoms with Crippen LogP contribution in [0.5, 0.6) is 0 Å². The molecule has 0 bridgehead atoms. The maximum atomic E-state index is 12.6. The number of nitrogens with one attached hydrogen (secondary N) is 1. The smallest absolute Gasteiger partial charge is 0.238 e. The molecule has 0 saturated carbocycles. The number of fused-ring (bicyclic) bond motifs is 1. The Bertz CT molecular complexity index is 943. The number of hydrogen-bond donors (Lipinski definition) is 1. The first-order valence-electron chi connectivity index (χ1n) is 10.8. The Labute approximate surface area is 182 Å². The number of amides is 1. The van der Waals surface area contributed by atoms with E-state index in [9.17, 15) is 4.79 Å². The minimum absolute atomic E-state index is 0.00650. The second kappa shape index (κ2) is 9.58. The maximum Gasteiger partial charge on any atom is 0.238 e. The third-order valence-corrected chi connectivity index (χ3v) is 7.05. The standard InChI is InChI=1S/C24H30N4OS/c1-18(24-26-21-9-5-6-10-22(21)30-24)27(2)17-23(29)25-19-11-13-20(14-12-19)28-15-7-3-4-8-16-28/h5-6,9-14,18H,3-4,7-8,15-17H2,1-2H3,(H,25,29). The molecule has 0 spiro atoms. The van der Waals surface area contributed by atoms with E-state index in [1.165, 1.54) is 36.1 Å². The van der Waals surface area contributed by atoms with Gasteiger partial charge in [-0.2, -0.15) is 0 Å². The molecule has 3 aromatic rings. The number of nitrogens with zero attached hydrogens (tertiary/aromatic N) is 3. The molecule has 158 valence electrons. The summed E-state index contributed by atoms with van der Waals surface area (Å²) in [7, 11) is 1.97. The Kier molecular flexibility index (Phi) is 6.65. The highest BCUT2D eigenvalue weighted by atomic mass is 32.1. The molecule has 0 aliphatic carbocycles. The molecule has 1 aromatic heterocycles. The van der Waals surface area contributed by atoms with Gasteiger partial charge in [-0.3, -0.25) is 9.69 Å². The molecule has 0 radical (unpaired) electrons. The summed E-state index contributed by atoms with van der Waals surface area (Å²) in [4.78, 5) is 21.8. The fourth-order valence-electron chi connectivity index (χ4n) is 3.91. The van der Waals surface area contributed by atoms with Crippen LogP contribution in [-0.4, -0.2) is 42.5 Å². The zero-order valence-corrected chi connectivity index (χ0v) is 18.6. The van der Waals surface area contributed by atoms with E-state index in [0.29, 0.717) is 6.54 Å². The Hall–Kier alpha value is -2.44. The Morgan fingerprint density at radius 2 is 1.80 bits per heavy atom. The van der Waals surface area contributed by atoms with E-state index in [0.717, 1.165) is 29.3 Å². The maximum absolute atomic E-state index is 12.6. The van der Waals surface area contributed by atoms with Crippen molar-refractivity contribution in [2.45, 2.75) is 38.6 Å². The van der Waals surface area contributed by atoms with Crippen LogP contribution in [0, 0.1) is 0 Å². The van der Waals surface area contributed by atoms with Gasteiger partial charge in [-0.1, -0.05) is 25.0 Å². The number of carbonyl (C=O) groups is 1. The number of thiazole rings is 1. The van der Waals surface area contributed by atoms with Crippen LogP contribution in [0.4, 0.5) is 11.4 Å². The van der Waals surface area contributed by atoms with Crippen molar-refractivity contribution in [1.29, 1.82) is 0 Å². The van der Waals surface area contributed by atoms with Gasteiger partial charge < -0.3 is 10.2 Å². The Balaban J connectivity index is 1.33. The molecule has 30 heavy (non-hydrogen) atoms. The van der Waals surface area contributed by atoms with Crippen LogP contribution < -0.4 is 10.2 Å². The van der Waals surface area contributed by atoms with Gasteiger partial charge in [0.1, 0.15) is 5.01 Å². The highest BCUT2D eigenvalue weighted by molar-refractivity contribution is 7.18. The van der Waals surface area contributed by atoms with E-state index in [1.54, 1.807) is 11.3 Å². The van der Waals surface area contributed by atoms with Crippen molar-refractivity contribution in [3.05, 3.63) is 53.5 Å². The molecule has 1 amide bonds. The number of carbonyl (C=O) groups excluding carboxylic acids is 1. The van der Waals surface area contributed by atoms with Crippen molar-refractivity contribution >= 4 is 38.8 Å². The van der Waals surface area contributed by atoms with Crippen molar-refractivity contribution in [3.8, 4) is 0 Å². The minimum atomic E-state index is -0.00650. The number of rotatable bonds is 6. The van der Waals surface area contributed by atoms with E-state index in [2.05, 4.69) is 35.3 Å². The van der Waals surface area contributed by atoms with Crippen molar-refractivity contribution < 1.29 is 4.79 Å². The molecular weight excluding hydrogens is 392 g/mol. The van der Waals surface area contributed by atoms with Crippen LogP contribution >= 0.6 is 11.3 Å². The number of anilines is 2. The number of aromatic nitrogens is 1. The van der Waals surface area contributed by atoms with Crippen molar-refractivity contribution in [1.82, 2.24) is 9.88 Å². The monoisotopic (exact) mass is 422 g/mol. The SMILES string of the molecule is CC(c1nc2ccccc2s1)N(C)CC(=O)Nc1ccc(N2CCCCCC2)cc1. The van der Waals surface area contributed by atoms with Gasteiger partial charge in [-0.15, -0.1) is 11.3 Å². The van der Waals surface area contributed by atoms with Crippen LogP contribution in [0.2, 0.25) is 0 Å². The fraction of sp³-hybridized carbons (Fsp3) is 0.417. The third kappa shape index (κ3) is 4.99. The molecular formula is C24H30N4OS. The molecule has 1 fully saturated rings. The third-order valence-electron chi connectivity index (χ3n) is 5.84. The van der Waals surface area contributed by atoms with Crippen LogP contribution in [0.3, 0.4) is 0 Å². The topological polar surface area (TPSA) is 48.5 Å². The van der Waals surface area contributed by atoms with Crippen LogP contribution in [0.25, 0.3) is 10.2 Å². The summed E-state index contributed by atoms with van der Waals surface area (Å²) in [6, 6.07) is 16.5. The zero-order chi connectivity index (χ0) is 20.9. The summed E-state index contributed by atoms with van der Waals surface area (Å²) in [5.41, 5.74) is 3.11. The largest absolute Gasteiger partial charge is 0.372 e. The Morgan fingerprint density at radius 3 is 2.50 bits per heavy atom. The predicted molar refractivity (Wildman–Crippen MR) is 126 cm³/mol. The van der Waals surface area contributed by atoms with Crippen LogP contribution in [-0.2, 0) is 4.79 Å². The summed E-state index contributed by atoms with van der Waals surface area (Å²) in [6.07, 6.45) is 5.18. The molecule has 1 aliphatic rings. The second-order valence-corrected chi connectivity index (χ2v) is 9.17. The summed E-state index contributed by atoms with van der Waals surface area (Å²) in [5.74, 6) is -0.00650. The lowest BCUT2D eigenvalue weighted by atomic mass is 10.2. The quantitative estimate of drug-likeness (QED) is 0.585. The van der Waals surface area contributed by atoms with E-state index in [1.807, 2.05) is 42.3 Å². The highest BCUT2D eigenvalue weighted by Gasteiger charge is 2.18. The van der Waals surface area contributed by atoms with Gasteiger partial charge in [0, 0.05) is 24.5 Å². The van der Waals surface area contributed by atoms with Crippen LogP contribution in [0.1, 0.15) is 43.7 Å². The summed E-state index contributed by atoms with van der Waals surface area (Å²) in [5, 5.41) is 4.07. The normalized spacial score (nSPS) is 15.9. The number of benzene rings is 2. The highest BCUT2D eigenvalue weighted by Crippen LogP contribution is 2.28. The summed E-state index contributed by atoms with van der Waals surface area (Å²) in [6.45, 7) is 4.67. The van der Waals surface area contributed by atoms with E-state index < -0.39 is 0 Å². The molecule has 2 aromatic carbocycles. The van der Waals surface area contributed by atoms with Gasteiger partial charge in [0.2, 0.25) is 5.91 Å². The number of likely N-dealkylation sites (N-methyl/N-ethyl adjacent to an activating group) is 1. The molecule has 1 unspecified atom stereocenters. The zero-order valence-electron chi connectivity index (χ0n) is 17.8. The van der Waals surface area contributed by atoms with Gasteiger partial charge in [0.25, 0.3) is 0 Å². The molecule has 1 saturated heterocycles. The molecule has 1 N–H and O–H groups in total. The number of para-hydroxylation sites is 1. The molecule has 1 aliphatic heterocycles. The van der Waals surface area contributed by atoms with Gasteiger partial charge >= 0.3 is 0 Å². The van der Waals surface area contributed by atoms with E-state index >= 15 is 0 Å². The summed E-state index contributed by atoms with van der Waals surface area (Å²) >= 11 is 1.69. The van der Waals surface area contributed by atoms with Crippen molar-refractivity contribution in [3.63, 3.8) is 0 Å². The van der Waals surface area contributed by atoms with Gasteiger partial charge in [-0.25, -0.2) is 4.98 Å². The fourth-order valence-corrected chi connectivity index (χ4v) is 4.99. The van der Waals surface area contributed by atoms with E-state index in [4.69, 9.17) is 4.98 Å². The molecule has 5 nitrogen and oxygen atoms in total. The molecule has 4 rings (SSSR count). The minimum Gasteiger partial charge on any atom is -0.372 e. The molecule has 1 atom stereocenters. The number of hydrogen-bond acceptors (Lipinski definition) is 5. The van der Waals surface area contributed by atoms with Gasteiger partial charge in [0.15, 0.2) is 0 Å². The van der Waals surface area contributed by atoms with Crippen molar-refractivity contribution in [2.75, 3.05) is 36.9 Å². The lowest BCUT2D eigenvalue weighted by Crippen LogP contribution is -2.32. The first kappa shape index (κ1) is 20.8. The average Bonchev–Trinajstić information content (AvgIpc) is 3.00. The second-order valence-electron chi connectivity index (χ2n) is 8.11. The lowest BCUT2D eigenvalue weighted by Gasteiger charge is -2.23. The lowest BCUT2D eigenvalue weighted by molar-refractivity contribution is -0.117. The van der Waals surface area contributed by atoms with Crippen LogP contribution in [0.15, 0.2) is 48.5 Å². The predicted octanol–water partition coefficient (Wildman–Crippen LogP) is 5.31. The first-order valence-corrected chi connectivity index (χ1v) is 11.6. The van der Waals surface area contributed by atoms with Gasteiger partial charge in [0.05, 0.1) is 22.8 Å². The van der Waals surface area contributed by atoms with E-state index in [-0.39, 0.29) is 11.9 Å². The van der Waals surface area contributed by atoms with Gasteiger partial charge in [-0.05, 0) is 63.2 Å². The summed E-state index contributed by atoms with van der Waals surface area (Å²) < 4.78 is 1.18. The van der Waals surface area contributed by atoms with Crippen molar-refractivity contribution in [2.24, 2.45) is 0 Å². The molecule has 6 heteroatoms. The average molecular weight is 423 g/mol. The first-order chi connectivity index (χ1) is 14.6.